The molecule has 0 radical (unpaired) electrons. The quantitative estimate of drug-likeness (QED) is 0.810. The van der Waals surface area contributed by atoms with Crippen molar-refractivity contribution in [2.75, 3.05) is 13.1 Å². The molecule has 6 heteroatoms. The Morgan fingerprint density at radius 2 is 1.77 bits per heavy atom. The number of hydrogen-bond donors (Lipinski definition) is 1. The number of nitrogens with zero attached hydrogens (tertiary/aromatic N) is 1. The first-order valence-corrected chi connectivity index (χ1v) is 8.55. The van der Waals surface area contributed by atoms with Gasteiger partial charge in [-0.05, 0) is 38.6 Å². The van der Waals surface area contributed by atoms with Gasteiger partial charge in [-0.1, -0.05) is 19.3 Å². The molecule has 1 N–H and O–H groups in total. The molecule has 1 saturated carbocycles. The Morgan fingerprint density at radius 3 is 2.45 bits per heavy atom. The van der Waals surface area contributed by atoms with Crippen LogP contribution in [0.1, 0.15) is 64.2 Å². The van der Waals surface area contributed by atoms with Crippen molar-refractivity contribution in [3.05, 3.63) is 0 Å². The lowest BCUT2D eigenvalue weighted by atomic mass is 9.96. The van der Waals surface area contributed by atoms with Gasteiger partial charge in [0, 0.05) is 25.0 Å². The molecular formula is C16H27F3N2O. The van der Waals surface area contributed by atoms with Crippen molar-refractivity contribution in [3.63, 3.8) is 0 Å². The second-order valence-electron chi connectivity index (χ2n) is 6.58. The molecule has 2 rings (SSSR count). The molecule has 1 unspecified atom stereocenters. The Balaban J connectivity index is 1.69. The lowest BCUT2D eigenvalue weighted by molar-refractivity contribution is -0.144. The lowest BCUT2D eigenvalue weighted by Crippen LogP contribution is -2.46. The van der Waals surface area contributed by atoms with E-state index >= 15 is 0 Å². The fourth-order valence-corrected chi connectivity index (χ4v) is 3.77. The summed E-state index contributed by atoms with van der Waals surface area (Å²) in [6.45, 7) is 1.63. The number of amides is 1. The number of carbonyl (C=O) groups excluding carboxylic acids is 1. The van der Waals surface area contributed by atoms with Gasteiger partial charge in [-0.25, -0.2) is 0 Å². The normalized spacial score (nSPS) is 24.6. The van der Waals surface area contributed by atoms with Crippen LogP contribution < -0.4 is 5.32 Å². The van der Waals surface area contributed by atoms with Gasteiger partial charge in [-0.2, -0.15) is 13.2 Å². The fraction of sp³-hybridized carbons (Fsp3) is 0.938. The molecule has 128 valence electrons. The summed E-state index contributed by atoms with van der Waals surface area (Å²) in [5.41, 5.74) is 0. The molecule has 2 fully saturated rings. The van der Waals surface area contributed by atoms with Gasteiger partial charge in [-0.3, -0.25) is 9.69 Å². The SMILES string of the molecule is O=C(CCC(F)(F)F)NCCC1CCCCN1C1CCCC1. The van der Waals surface area contributed by atoms with Gasteiger partial charge in [0.25, 0.3) is 0 Å². The van der Waals surface area contributed by atoms with E-state index in [0.717, 1.165) is 19.4 Å². The van der Waals surface area contributed by atoms with E-state index in [0.29, 0.717) is 18.6 Å². The van der Waals surface area contributed by atoms with Crippen LogP contribution in [-0.2, 0) is 4.79 Å². The van der Waals surface area contributed by atoms with Gasteiger partial charge < -0.3 is 5.32 Å². The van der Waals surface area contributed by atoms with Crippen molar-refractivity contribution in [2.45, 2.75) is 82.5 Å². The zero-order valence-electron chi connectivity index (χ0n) is 13.1. The molecule has 22 heavy (non-hydrogen) atoms. The van der Waals surface area contributed by atoms with Crippen molar-refractivity contribution in [1.82, 2.24) is 10.2 Å². The molecular weight excluding hydrogens is 293 g/mol. The highest BCUT2D eigenvalue weighted by molar-refractivity contribution is 5.75. The summed E-state index contributed by atoms with van der Waals surface area (Å²) in [6.07, 6.45) is 3.88. The Morgan fingerprint density at radius 1 is 1.09 bits per heavy atom. The van der Waals surface area contributed by atoms with Crippen molar-refractivity contribution in [1.29, 1.82) is 0 Å². The Hall–Kier alpha value is -0.780. The van der Waals surface area contributed by atoms with Gasteiger partial charge in [0.2, 0.25) is 5.91 Å². The molecule has 0 aromatic heterocycles. The first-order chi connectivity index (χ1) is 10.5. The van der Waals surface area contributed by atoms with Crippen LogP contribution in [0.4, 0.5) is 13.2 Å². The van der Waals surface area contributed by atoms with Gasteiger partial charge in [0.05, 0.1) is 6.42 Å². The average Bonchev–Trinajstić information content (AvgIpc) is 2.99. The Kier molecular flexibility index (Phi) is 6.53. The van der Waals surface area contributed by atoms with Crippen molar-refractivity contribution in [3.8, 4) is 0 Å². The number of hydrogen-bond acceptors (Lipinski definition) is 2. The predicted molar refractivity (Wildman–Crippen MR) is 79.5 cm³/mol. The predicted octanol–water partition coefficient (Wildman–Crippen LogP) is 3.63. The van der Waals surface area contributed by atoms with Crippen LogP contribution in [0.5, 0.6) is 0 Å². The van der Waals surface area contributed by atoms with E-state index in [1.165, 1.54) is 38.5 Å². The standard InChI is InChI=1S/C16H27F3N2O/c17-16(18,19)10-8-15(22)20-11-9-14-7-3-4-12-21(14)13-5-1-2-6-13/h13-14H,1-12H2,(H,20,22). The Labute approximate surface area is 130 Å². The molecule has 1 aliphatic heterocycles. The van der Waals surface area contributed by atoms with Crippen LogP contribution in [0.25, 0.3) is 0 Å². The lowest BCUT2D eigenvalue weighted by Gasteiger charge is -2.40. The molecule has 1 aliphatic carbocycles. The van der Waals surface area contributed by atoms with E-state index in [4.69, 9.17) is 0 Å². The van der Waals surface area contributed by atoms with Gasteiger partial charge >= 0.3 is 6.18 Å². The van der Waals surface area contributed by atoms with Gasteiger partial charge in [0.1, 0.15) is 0 Å². The molecule has 2 aliphatic rings. The summed E-state index contributed by atoms with van der Waals surface area (Å²) >= 11 is 0. The number of rotatable bonds is 6. The molecule has 1 amide bonds. The third kappa shape index (κ3) is 5.78. The van der Waals surface area contributed by atoms with Crippen LogP contribution in [0, 0.1) is 0 Å². The number of alkyl halides is 3. The summed E-state index contributed by atoms with van der Waals surface area (Å²) in [4.78, 5) is 14.0. The van der Waals surface area contributed by atoms with E-state index in [9.17, 15) is 18.0 Å². The minimum atomic E-state index is -4.25. The maximum absolute atomic E-state index is 12.1. The number of piperidine rings is 1. The molecule has 0 bridgehead atoms. The minimum absolute atomic E-state index is 0.458. The minimum Gasteiger partial charge on any atom is -0.356 e. The number of halogens is 3. The molecule has 0 spiro atoms. The monoisotopic (exact) mass is 320 g/mol. The summed E-state index contributed by atoms with van der Waals surface area (Å²) in [7, 11) is 0. The fourth-order valence-electron chi connectivity index (χ4n) is 3.77. The summed E-state index contributed by atoms with van der Waals surface area (Å²) in [6, 6.07) is 1.17. The third-order valence-electron chi connectivity index (χ3n) is 4.90. The summed E-state index contributed by atoms with van der Waals surface area (Å²) < 4.78 is 36.2. The maximum Gasteiger partial charge on any atom is 0.389 e. The molecule has 1 atom stereocenters. The smallest absolute Gasteiger partial charge is 0.356 e. The third-order valence-corrected chi connectivity index (χ3v) is 4.90. The number of carbonyl (C=O) groups is 1. The molecule has 1 heterocycles. The number of likely N-dealkylation sites (tertiary alicyclic amines) is 1. The zero-order chi connectivity index (χ0) is 16.0. The first-order valence-electron chi connectivity index (χ1n) is 8.55. The van der Waals surface area contributed by atoms with Gasteiger partial charge in [-0.15, -0.1) is 0 Å². The largest absolute Gasteiger partial charge is 0.389 e. The van der Waals surface area contributed by atoms with Gasteiger partial charge in [0.15, 0.2) is 0 Å². The van der Waals surface area contributed by atoms with Crippen LogP contribution >= 0.6 is 0 Å². The molecule has 0 aromatic carbocycles. The van der Waals surface area contributed by atoms with E-state index in [1.54, 1.807) is 0 Å². The highest BCUT2D eigenvalue weighted by Crippen LogP contribution is 2.30. The zero-order valence-corrected chi connectivity index (χ0v) is 13.1. The molecule has 1 saturated heterocycles. The highest BCUT2D eigenvalue weighted by Gasteiger charge is 2.30. The molecule has 3 nitrogen and oxygen atoms in total. The first kappa shape index (κ1) is 17.6. The van der Waals surface area contributed by atoms with Crippen molar-refractivity contribution < 1.29 is 18.0 Å². The van der Waals surface area contributed by atoms with Crippen LogP contribution in [0.3, 0.4) is 0 Å². The van der Waals surface area contributed by atoms with Crippen molar-refractivity contribution >= 4 is 5.91 Å². The van der Waals surface area contributed by atoms with Crippen molar-refractivity contribution in [2.24, 2.45) is 0 Å². The Bertz CT molecular complexity index is 354. The topological polar surface area (TPSA) is 32.3 Å². The summed E-state index contributed by atoms with van der Waals surface area (Å²) in [5.74, 6) is -0.486. The number of nitrogens with one attached hydrogen (secondary N) is 1. The van der Waals surface area contributed by atoms with E-state index < -0.39 is 24.9 Å². The van der Waals surface area contributed by atoms with E-state index in [1.807, 2.05) is 0 Å². The molecule has 0 aromatic rings. The van der Waals surface area contributed by atoms with Crippen LogP contribution in [-0.4, -0.2) is 42.2 Å². The van der Waals surface area contributed by atoms with E-state index in [2.05, 4.69) is 10.2 Å². The van der Waals surface area contributed by atoms with Crippen LogP contribution in [0.2, 0.25) is 0 Å². The second kappa shape index (κ2) is 8.18. The summed E-state index contributed by atoms with van der Waals surface area (Å²) in [5, 5.41) is 2.65. The average molecular weight is 320 g/mol. The second-order valence-corrected chi connectivity index (χ2v) is 6.58. The van der Waals surface area contributed by atoms with E-state index in [-0.39, 0.29) is 0 Å². The van der Waals surface area contributed by atoms with Crippen LogP contribution in [0.15, 0.2) is 0 Å². The maximum atomic E-state index is 12.1. The highest BCUT2D eigenvalue weighted by atomic mass is 19.4.